The molecule has 1 aliphatic rings. The Labute approximate surface area is 151 Å². The van der Waals surface area contributed by atoms with Gasteiger partial charge in [-0.2, -0.15) is 0 Å². The summed E-state index contributed by atoms with van der Waals surface area (Å²) in [7, 11) is -6.91. The highest BCUT2D eigenvalue weighted by molar-refractivity contribution is 7.91. The van der Waals surface area contributed by atoms with E-state index < -0.39 is 25.6 Å². The lowest BCUT2D eigenvalue weighted by Gasteiger charge is -2.04. The van der Waals surface area contributed by atoms with E-state index in [0.717, 1.165) is 12.5 Å². The van der Waals surface area contributed by atoms with Gasteiger partial charge in [0.1, 0.15) is 5.71 Å². The fraction of sp³-hybridized carbons (Fsp3) is 0.176. The van der Waals surface area contributed by atoms with Crippen molar-refractivity contribution in [3.05, 3.63) is 47.5 Å². The van der Waals surface area contributed by atoms with Crippen LogP contribution in [0.4, 0.5) is 0 Å². The third-order valence-electron chi connectivity index (χ3n) is 3.90. The van der Waals surface area contributed by atoms with E-state index in [1.165, 1.54) is 31.2 Å². The molecule has 0 heterocycles. The second kappa shape index (κ2) is 6.03. The zero-order chi connectivity index (χ0) is 19.3. The SMILES string of the molecule is CC(=O)ON=C1c2cc(S(C)(=O)=O)ccc2-c2ccc(S(C)(=O)=O)cc21. The zero-order valence-electron chi connectivity index (χ0n) is 14.2. The molecule has 0 fully saturated rings. The molecule has 0 spiro atoms. The summed E-state index contributed by atoms with van der Waals surface area (Å²) in [5.74, 6) is -0.647. The normalized spacial score (nSPS) is 13.1. The van der Waals surface area contributed by atoms with Crippen molar-refractivity contribution in [2.75, 3.05) is 12.5 Å². The van der Waals surface area contributed by atoms with E-state index in [1.54, 1.807) is 12.1 Å². The summed E-state index contributed by atoms with van der Waals surface area (Å²) in [6, 6.07) is 9.07. The van der Waals surface area contributed by atoms with Gasteiger partial charge in [-0.15, -0.1) is 0 Å². The average Bonchev–Trinajstić information content (AvgIpc) is 2.83. The number of fused-ring (bicyclic) bond motifs is 3. The van der Waals surface area contributed by atoms with Gasteiger partial charge in [0.2, 0.25) is 0 Å². The van der Waals surface area contributed by atoms with E-state index in [-0.39, 0.29) is 15.5 Å². The molecule has 0 aromatic heterocycles. The molecule has 0 radical (unpaired) electrons. The molecule has 0 saturated heterocycles. The van der Waals surface area contributed by atoms with Gasteiger partial charge in [0.05, 0.1) is 9.79 Å². The van der Waals surface area contributed by atoms with E-state index in [2.05, 4.69) is 5.16 Å². The van der Waals surface area contributed by atoms with Crippen molar-refractivity contribution in [1.82, 2.24) is 0 Å². The van der Waals surface area contributed by atoms with Crippen LogP contribution >= 0.6 is 0 Å². The van der Waals surface area contributed by atoms with Gasteiger partial charge in [0.15, 0.2) is 19.7 Å². The fourth-order valence-corrected chi connectivity index (χ4v) is 4.02. The largest absolute Gasteiger partial charge is 0.332 e. The molecule has 0 bridgehead atoms. The van der Waals surface area contributed by atoms with Gasteiger partial charge in [-0.05, 0) is 35.4 Å². The van der Waals surface area contributed by atoms with Crippen LogP contribution in [0.3, 0.4) is 0 Å². The fourth-order valence-electron chi connectivity index (χ4n) is 2.72. The smallest absolute Gasteiger partial charge is 0.318 e. The Morgan fingerprint density at radius 2 is 1.23 bits per heavy atom. The number of sulfone groups is 2. The molecule has 9 heteroatoms. The molecule has 0 aliphatic heterocycles. The molecule has 0 amide bonds. The Hall–Kier alpha value is -2.52. The maximum Gasteiger partial charge on any atom is 0.332 e. The van der Waals surface area contributed by atoms with Crippen LogP contribution in [0.1, 0.15) is 18.1 Å². The summed E-state index contributed by atoms with van der Waals surface area (Å²) >= 11 is 0. The standard InChI is InChI=1S/C17H15NO6S2/c1-10(19)24-18-17-15-8-11(25(2,20)21)4-6-13(15)14-7-5-12(9-16(14)17)26(3,22)23/h4-9H,1-3H3. The molecular formula is C17H15NO6S2. The number of oxime groups is 1. The highest BCUT2D eigenvalue weighted by Crippen LogP contribution is 2.39. The minimum atomic E-state index is -3.46. The number of nitrogens with zero attached hydrogens (tertiary/aromatic N) is 1. The van der Waals surface area contributed by atoms with E-state index in [0.29, 0.717) is 22.3 Å². The third-order valence-corrected chi connectivity index (χ3v) is 6.12. The zero-order valence-corrected chi connectivity index (χ0v) is 15.8. The van der Waals surface area contributed by atoms with Crippen LogP contribution in [-0.4, -0.2) is 41.0 Å². The van der Waals surface area contributed by atoms with E-state index in [1.807, 2.05) is 0 Å². The van der Waals surface area contributed by atoms with Crippen LogP contribution < -0.4 is 0 Å². The number of benzene rings is 2. The second-order valence-electron chi connectivity index (χ2n) is 5.98. The van der Waals surface area contributed by atoms with Gasteiger partial charge in [-0.3, -0.25) is 0 Å². The van der Waals surface area contributed by atoms with Crippen LogP contribution in [0.5, 0.6) is 0 Å². The van der Waals surface area contributed by atoms with Crippen LogP contribution in [-0.2, 0) is 29.3 Å². The molecule has 3 rings (SSSR count). The van der Waals surface area contributed by atoms with Gasteiger partial charge in [0.25, 0.3) is 0 Å². The van der Waals surface area contributed by atoms with E-state index in [4.69, 9.17) is 4.84 Å². The highest BCUT2D eigenvalue weighted by Gasteiger charge is 2.28. The van der Waals surface area contributed by atoms with E-state index in [9.17, 15) is 21.6 Å². The maximum absolute atomic E-state index is 11.9. The minimum absolute atomic E-state index is 0.0860. The Kier molecular flexibility index (Phi) is 4.24. The van der Waals surface area contributed by atoms with Crippen LogP contribution in [0.2, 0.25) is 0 Å². The van der Waals surface area contributed by atoms with Gasteiger partial charge in [0, 0.05) is 30.6 Å². The van der Waals surface area contributed by atoms with Crippen molar-refractivity contribution < 1.29 is 26.5 Å². The first-order chi connectivity index (χ1) is 12.0. The van der Waals surface area contributed by atoms with Gasteiger partial charge >= 0.3 is 5.97 Å². The molecule has 0 saturated carbocycles. The first-order valence-electron chi connectivity index (χ1n) is 7.43. The van der Waals surface area contributed by atoms with Gasteiger partial charge < -0.3 is 4.84 Å². The lowest BCUT2D eigenvalue weighted by molar-refractivity contribution is -0.140. The monoisotopic (exact) mass is 393 g/mol. The molecular weight excluding hydrogens is 378 g/mol. The Morgan fingerprint density at radius 3 is 1.58 bits per heavy atom. The number of hydrogen-bond acceptors (Lipinski definition) is 7. The summed E-state index contributed by atoms with van der Waals surface area (Å²) in [5, 5.41) is 3.83. The molecule has 0 atom stereocenters. The molecule has 136 valence electrons. The number of carbonyl (C=O) groups excluding carboxylic acids is 1. The van der Waals surface area contributed by atoms with Crippen molar-refractivity contribution in [1.29, 1.82) is 0 Å². The van der Waals surface area contributed by atoms with Gasteiger partial charge in [-0.1, -0.05) is 17.3 Å². The quantitative estimate of drug-likeness (QED) is 0.496. The molecule has 2 aromatic carbocycles. The van der Waals surface area contributed by atoms with Crippen LogP contribution in [0, 0.1) is 0 Å². The number of rotatable bonds is 3. The average molecular weight is 393 g/mol. The summed E-state index contributed by atoms with van der Waals surface area (Å²) in [4.78, 5) is 16.1. The molecule has 0 unspecified atom stereocenters. The van der Waals surface area contributed by atoms with E-state index >= 15 is 0 Å². The third kappa shape index (κ3) is 3.27. The number of carbonyl (C=O) groups is 1. The molecule has 1 aliphatic carbocycles. The highest BCUT2D eigenvalue weighted by atomic mass is 32.2. The Balaban J connectivity index is 2.30. The van der Waals surface area contributed by atoms with Crippen LogP contribution in [0.15, 0.2) is 51.3 Å². The predicted octanol–water partition coefficient (Wildman–Crippen LogP) is 1.79. The predicted molar refractivity (Wildman–Crippen MR) is 95.5 cm³/mol. The topological polar surface area (TPSA) is 107 Å². The van der Waals surface area contributed by atoms with Crippen molar-refractivity contribution >= 4 is 31.4 Å². The van der Waals surface area contributed by atoms with Crippen LogP contribution in [0.25, 0.3) is 11.1 Å². The summed E-state index contributed by atoms with van der Waals surface area (Å²) in [5.41, 5.74) is 2.47. The lowest BCUT2D eigenvalue weighted by atomic mass is 10.1. The summed E-state index contributed by atoms with van der Waals surface area (Å²) < 4.78 is 47.4. The Bertz CT molecular complexity index is 1090. The Morgan fingerprint density at radius 1 is 0.808 bits per heavy atom. The lowest BCUT2D eigenvalue weighted by Crippen LogP contribution is -2.05. The van der Waals surface area contributed by atoms with Crippen molar-refractivity contribution in [3.63, 3.8) is 0 Å². The first kappa shape index (κ1) is 18.3. The van der Waals surface area contributed by atoms with Crippen molar-refractivity contribution in [2.24, 2.45) is 5.16 Å². The maximum atomic E-state index is 11.9. The van der Waals surface area contributed by atoms with Crippen molar-refractivity contribution in [2.45, 2.75) is 16.7 Å². The first-order valence-corrected chi connectivity index (χ1v) is 11.2. The minimum Gasteiger partial charge on any atom is -0.318 e. The van der Waals surface area contributed by atoms with Crippen molar-refractivity contribution in [3.8, 4) is 11.1 Å². The summed E-state index contributed by atoms with van der Waals surface area (Å²) in [6.07, 6.45) is 2.17. The summed E-state index contributed by atoms with van der Waals surface area (Å²) in [6.45, 7) is 1.18. The molecule has 0 N–H and O–H groups in total. The second-order valence-corrected chi connectivity index (χ2v) is 10.0. The molecule has 2 aromatic rings. The van der Waals surface area contributed by atoms with Gasteiger partial charge in [-0.25, -0.2) is 21.6 Å². The molecule has 7 nitrogen and oxygen atoms in total. The number of hydrogen-bond donors (Lipinski definition) is 0. The molecule has 26 heavy (non-hydrogen) atoms.